The van der Waals surface area contributed by atoms with Crippen LogP contribution in [-0.4, -0.2) is 16.1 Å². The normalized spacial score (nSPS) is 10.7. The Bertz CT molecular complexity index is 815. The summed E-state index contributed by atoms with van der Waals surface area (Å²) >= 11 is 3.02. The van der Waals surface area contributed by atoms with Gasteiger partial charge in [0.15, 0.2) is 5.01 Å². The Morgan fingerprint density at radius 2 is 1.86 bits per heavy atom. The highest BCUT2D eigenvalue weighted by molar-refractivity contribution is 7.23. The summed E-state index contributed by atoms with van der Waals surface area (Å²) in [5.41, 5.74) is 3.81. The molecule has 0 aliphatic heterocycles. The van der Waals surface area contributed by atoms with E-state index in [0.717, 1.165) is 21.0 Å². The molecule has 0 bridgehead atoms. The molecule has 0 saturated heterocycles. The standard InChI is InChI=1S/C16H15N3OS2/c1-9-7-12(21-8-9)15-18-19-16(22-15)17-14(20)13-10(2)5-4-6-11(13)3/h4-8H,1-3H3,(H,17,19,20). The van der Waals surface area contributed by atoms with E-state index in [1.54, 1.807) is 11.3 Å². The first-order valence-corrected chi connectivity index (χ1v) is 8.51. The first-order valence-electron chi connectivity index (χ1n) is 6.81. The number of carbonyl (C=O) groups is 1. The number of nitrogens with zero attached hydrogens (tertiary/aromatic N) is 2. The summed E-state index contributed by atoms with van der Waals surface area (Å²) < 4.78 is 0. The molecule has 4 nitrogen and oxygen atoms in total. The summed E-state index contributed by atoms with van der Waals surface area (Å²) in [5.74, 6) is -0.138. The third-order valence-electron chi connectivity index (χ3n) is 3.29. The second-order valence-corrected chi connectivity index (χ2v) is 7.01. The van der Waals surface area contributed by atoms with Gasteiger partial charge in [-0.1, -0.05) is 29.5 Å². The Balaban J connectivity index is 1.82. The van der Waals surface area contributed by atoms with Gasteiger partial charge in [-0.05, 0) is 48.9 Å². The predicted molar refractivity (Wildman–Crippen MR) is 91.8 cm³/mol. The van der Waals surface area contributed by atoms with Crippen molar-refractivity contribution in [2.24, 2.45) is 0 Å². The van der Waals surface area contributed by atoms with Gasteiger partial charge in [0.25, 0.3) is 5.91 Å². The zero-order chi connectivity index (χ0) is 15.7. The number of aromatic nitrogens is 2. The molecule has 112 valence electrons. The number of benzene rings is 1. The summed E-state index contributed by atoms with van der Waals surface area (Å²) in [4.78, 5) is 13.5. The van der Waals surface area contributed by atoms with E-state index in [2.05, 4.69) is 27.0 Å². The molecule has 0 unspecified atom stereocenters. The van der Waals surface area contributed by atoms with Crippen molar-refractivity contribution >= 4 is 33.7 Å². The van der Waals surface area contributed by atoms with Gasteiger partial charge in [0, 0.05) is 5.56 Å². The molecule has 0 atom stereocenters. The first kappa shape index (κ1) is 14.9. The van der Waals surface area contributed by atoms with E-state index in [1.165, 1.54) is 16.9 Å². The Labute approximate surface area is 136 Å². The topological polar surface area (TPSA) is 54.9 Å². The predicted octanol–water partition coefficient (Wildman–Crippen LogP) is 4.44. The molecule has 6 heteroatoms. The molecule has 1 aromatic carbocycles. The highest BCUT2D eigenvalue weighted by atomic mass is 32.1. The number of hydrogen-bond donors (Lipinski definition) is 1. The summed E-state index contributed by atoms with van der Waals surface area (Å²) in [5, 5.41) is 14.5. The number of rotatable bonds is 3. The molecule has 1 N–H and O–H groups in total. The van der Waals surface area contributed by atoms with Crippen LogP contribution in [0.1, 0.15) is 27.0 Å². The van der Waals surface area contributed by atoms with Crippen LogP contribution in [0.3, 0.4) is 0 Å². The lowest BCUT2D eigenvalue weighted by molar-refractivity contribution is 0.102. The number of anilines is 1. The lowest BCUT2D eigenvalue weighted by atomic mass is 10.0. The summed E-state index contributed by atoms with van der Waals surface area (Å²) in [6, 6.07) is 7.88. The molecule has 3 aromatic rings. The van der Waals surface area contributed by atoms with E-state index in [1.807, 2.05) is 39.0 Å². The molecule has 1 amide bonds. The van der Waals surface area contributed by atoms with Gasteiger partial charge in [-0.2, -0.15) is 0 Å². The summed E-state index contributed by atoms with van der Waals surface area (Å²) in [7, 11) is 0. The zero-order valence-corrected chi connectivity index (χ0v) is 14.1. The van der Waals surface area contributed by atoms with Crippen molar-refractivity contribution in [2.75, 3.05) is 5.32 Å². The van der Waals surface area contributed by atoms with Crippen LogP contribution in [0.5, 0.6) is 0 Å². The fourth-order valence-electron chi connectivity index (χ4n) is 2.25. The maximum Gasteiger partial charge on any atom is 0.258 e. The minimum absolute atomic E-state index is 0.138. The van der Waals surface area contributed by atoms with Crippen LogP contribution < -0.4 is 5.32 Å². The van der Waals surface area contributed by atoms with E-state index in [0.29, 0.717) is 10.7 Å². The molecule has 2 aromatic heterocycles. The zero-order valence-electron chi connectivity index (χ0n) is 12.5. The van der Waals surface area contributed by atoms with Gasteiger partial charge < -0.3 is 0 Å². The van der Waals surface area contributed by atoms with Crippen LogP contribution in [0.25, 0.3) is 9.88 Å². The SMILES string of the molecule is Cc1csc(-c2nnc(NC(=O)c3c(C)cccc3C)s2)c1. The lowest BCUT2D eigenvalue weighted by Gasteiger charge is -2.08. The van der Waals surface area contributed by atoms with Crippen molar-refractivity contribution in [3.05, 3.63) is 51.9 Å². The van der Waals surface area contributed by atoms with Gasteiger partial charge in [-0.15, -0.1) is 21.5 Å². The highest BCUT2D eigenvalue weighted by Gasteiger charge is 2.15. The first-order chi connectivity index (χ1) is 10.5. The molecule has 0 fully saturated rings. The maximum absolute atomic E-state index is 12.4. The van der Waals surface area contributed by atoms with Gasteiger partial charge in [0.1, 0.15) is 0 Å². The van der Waals surface area contributed by atoms with E-state index in [9.17, 15) is 4.79 Å². The molecule has 2 heterocycles. The Hall–Kier alpha value is -2.05. The lowest BCUT2D eigenvalue weighted by Crippen LogP contribution is -2.14. The second-order valence-electron chi connectivity index (χ2n) is 5.12. The fourth-order valence-corrected chi connectivity index (χ4v) is 3.94. The van der Waals surface area contributed by atoms with Gasteiger partial charge in [-0.3, -0.25) is 10.1 Å². The summed E-state index contributed by atoms with van der Waals surface area (Å²) in [6.07, 6.45) is 0. The number of nitrogens with one attached hydrogen (secondary N) is 1. The summed E-state index contributed by atoms with van der Waals surface area (Å²) in [6.45, 7) is 5.91. The second kappa shape index (κ2) is 5.98. The van der Waals surface area contributed by atoms with Crippen LogP contribution in [0.2, 0.25) is 0 Å². The van der Waals surface area contributed by atoms with Gasteiger partial charge in [-0.25, -0.2) is 0 Å². The molecule has 0 aliphatic rings. The minimum Gasteiger partial charge on any atom is -0.296 e. The van der Waals surface area contributed by atoms with Crippen molar-refractivity contribution in [1.29, 1.82) is 0 Å². The Morgan fingerprint density at radius 1 is 1.14 bits per heavy atom. The molecule has 0 aliphatic carbocycles. The van der Waals surface area contributed by atoms with Crippen LogP contribution in [0, 0.1) is 20.8 Å². The molecule has 3 rings (SSSR count). The number of aryl methyl sites for hydroxylation is 3. The van der Waals surface area contributed by atoms with Gasteiger partial charge >= 0.3 is 0 Å². The van der Waals surface area contributed by atoms with E-state index in [-0.39, 0.29) is 5.91 Å². The van der Waals surface area contributed by atoms with Crippen LogP contribution in [0.4, 0.5) is 5.13 Å². The van der Waals surface area contributed by atoms with Gasteiger partial charge in [0.2, 0.25) is 5.13 Å². The van der Waals surface area contributed by atoms with Crippen molar-refractivity contribution in [3.63, 3.8) is 0 Å². The van der Waals surface area contributed by atoms with Crippen LogP contribution >= 0.6 is 22.7 Å². The number of hydrogen-bond acceptors (Lipinski definition) is 5. The quantitative estimate of drug-likeness (QED) is 0.772. The van der Waals surface area contributed by atoms with Crippen molar-refractivity contribution < 1.29 is 4.79 Å². The average molecular weight is 329 g/mol. The van der Waals surface area contributed by atoms with Crippen LogP contribution in [0.15, 0.2) is 29.6 Å². The molecule has 0 radical (unpaired) electrons. The van der Waals surface area contributed by atoms with Gasteiger partial charge in [0.05, 0.1) is 4.88 Å². The third kappa shape index (κ3) is 2.93. The Kier molecular flexibility index (Phi) is 4.04. The van der Waals surface area contributed by atoms with Crippen molar-refractivity contribution in [1.82, 2.24) is 10.2 Å². The minimum atomic E-state index is -0.138. The average Bonchev–Trinajstić information content (AvgIpc) is 3.07. The molecular weight excluding hydrogens is 314 g/mol. The molecule has 0 saturated carbocycles. The maximum atomic E-state index is 12.4. The number of thiophene rings is 1. The number of carbonyl (C=O) groups excluding carboxylic acids is 1. The molecular formula is C16H15N3OS2. The van der Waals surface area contributed by atoms with E-state index < -0.39 is 0 Å². The largest absolute Gasteiger partial charge is 0.296 e. The monoisotopic (exact) mass is 329 g/mol. The highest BCUT2D eigenvalue weighted by Crippen LogP contribution is 2.31. The fraction of sp³-hybridized carbons (Fsp3) is 0.188. The third-order valence-corrected chi connectivity index (χ3v) is 5.35. The number of amides is 1. The van der Waals surface area contributed by atoms with Crippen LogP contribution in [-0.2, 0) is 0 Å². The van der Waals surface area contributed by atoms with E-state index >= 15 is 0 Å². The van der Waals surface area contributed by atoms with Crippen molar-refractivity contribution in [3.8, 4) is 9.88 Å². The molecule has 0 spiro atoms. The smallest absolute Gasteiger partial charge is 0.258 e. The van der Waals surface area contributed by atoms with Crippen molar-refractivity contribution in [2.45, 2.75) is 20.8 Å². The van der Waals surface area contributed by atoms with E-state index in [4.69, 9.17) is 0 Å². The Morgan fingerprint density at radius 3 is 2.50 bits per heavy atom. The molecule has 22 heavy (non-hydrogen) atoms.